The third-order valence-electron chi connectivity index (χ3n) is 4.35. The molecular formula is C18H20ClNO3. The first-order chi connectivity index (χ1) is 11.1. The van der Waals surface area contributed by atoms with Crippen molar-refractivity contribution >= 4 is 17.6 Å². The Kier molecular flexibility index (Phi) is 4.74. The summed E-state index contributed by atoms with van der Waals surface area (Å²) >= 11 is 6.35. The monoisotopic (exact) mass is 333 g/mol. The number of ether oxygens (including phenoxy) is 1. The van der Waals surface area contributed by atoms with Crippen molar-refractivity contribution in [1.82, 2.24) is 4.90 Å². The highest BCUT2D eigenvalue weighted by atomic mass is 35.5. The van der Waals surface area contributed by atoms with Crippen molar-refractivity contribution in [2.24, 2.45) is 0 Å². The molecule has 1 aromatic carbocycles. The van der Waals surface area contributed by atoms with Crippen molar-refractivity contribution in [3.05, 3.63) is 58.5 Å². The van der Waals surface area contributed by atoms with Crippen molar-refractivity contribution in [2.45, 2.75) is 38.4 Å². The second kappa shape index (κ2) is 6.77. The second-order valence-electron chi connectivity index (χ2n) is 5.85. The molecule has 1 aliphatic carbocycles. The molecule has 1 aliphatic rings. The van der Waals surface area contributed by atoms with Crippen LogP contribution in [-0.4, -0.2) is 24.0 Å². The first-order valence-corrected chi connectivity index (χ1v) is 8.14. The lowest BCUT2D eigenvalue weighted by Crippen LogP contribution is -2.29. The van der Waals surface area contributed by atoms with Gasteiger partial charge in [0, 0.05) is 17.1 Å². The molecule has 23 heavy (non-hydrogen) atoms. The maximum Gasteiger partial charge on any atom is 0.341 e. The zero-order chi connectivity index (χ0) is 16.4. The van der Waals surface area contributed by atoms with Crippen molar-refractivity contribution in [1.29, 1.82) is 0 Å². The van der Waals surface area contributed by atoms with Crippen LogP contribution in [0, 0.1) is 0 Å². The zero-order valence-corrected chi connectivity index (χ0v) is 14.0. The van der Waals surface area contributed by atoms with Gasteiger partial charge in [-0.15, -0.1) is 0 Å². The van der Waals surface area contributed by atoms with E-state index < -0.39 is 0 Å². The Bertz CT molecular complexity index is 693. The summed E-state index contributed by atoms with van der Waals surface area (Å²) in [5, 5.41) is 0.762. The Morgan fingerprint density at radius 2 is 2.13 bits per heavy atom. The number of carbonyl (C=O) groups is 1. The molecule has 1 saturated carbocycles. The summed E-state index contributed by atoms with van der Waals surface area (Å²) in [5.41, 5.74) is 1.58. The SMILES string of the molecule is COC(=O)c1ccoc1CN(C1CC1)C(C)c1ccccc1Cl. The number of hydrogen-bond acceptors (Lipinski definition) is 4. The summed E-state index contributed by atoms with van der Waals surface area (Å²) in [5.74, 6) is 0.276. The minimum atomic E-state index is -0.366. The van der Waals surface area contributed by atoms with E-state index in [1.165, 1.54) is 13.4 Å². The van der Waals surface area contributed by atoms with Crippen LogP contribution in [0.3, 0.4) is 0 Å². The zero-order valence-electron chi connectivity index (χ0n) is 13.3. The van der Waals surface area contributed by atoms with Gasteiger partial charge in [-0.05, 0) is 37.5 Å². The fourth-order valence-corrected chi connectivity index (χ4v) is 3.20. The van der Waals surface area contributed by atoms with Gasteiger partial charge in [0.25, 0.3) is 0 Å². The topological polar surface area (TPSA) is 42.7 Å². The lowest BCUT2D eigenvalue weighted by Gasteiger charge is -2.29. The molecule has 0 N–H and O–H groups in total. The minimum absolute atomic E-state index is 0.145. The van der Waals surface area contributed by atoms with Crippen LogP contribution in [0.2, 0.25) is 5.02 Å². The van der Waals surface area contributed by atoms with Gasteiger partial charge in [-0.1, -0.05) is 29.8 Å². The number of rotatable bonds is 6. The van der Waals surface area contributed by atoms with Gasteiger partial charge in [0.15, 0.2) is 0 Å². The molecule has 122 valence electrons. The van der Waals surface area contributed by atoms with E-state index in [4.69, 9.17) is 20.8 Å². The first kappa shape index (κ1) is 16.1. The number of methoxy groups -OCH3 is 1. The van der Waals surface area contributed by atoms with Gasteiger partial charge in [0.2, 0.25) is 0 Å². The average molecular weight is 334 g/mol. The Balaban J connectivity index is 1.85. The molecule has 5 heteroatoms. The van der Waals surface area contributed by atoms with Crippen molar-refractivity contribution in [3.8, 4) is 0 Å². The lowest BCUT2D eigenvalue weighted by molar-refractivity contribution is 0.0594. The molecule has 0 saturated heterocycles. The highest BCUT2D eigenvalue weighted by Gasteiger charge is 2.34. The van der Waals surface area contributed by atoms with Crippen LogP contribution in [0.4, 0.5) is 0 Å². The van der Waals surface area contributed by atoms with Gasteiger partial charge in [-0.25, -0.2) is 4.79 Å². The van der Waals surface area contributed by atoms with Crippen LogP contribution in [0.5, 0.6) is 0 Å². The molecule has 0 bridgehead atoms. The standard InChI is InChI=1S/C18H20ClNO3/c1-12(14-5-3-4-6-16(14)19)20(13-7-8-13)11-17-15(9-10-23-17)18(21)22-2/h3-6,9-10,12-13H,7-8,11H2,1-2H3. The van der Waals surface area contributed by atoms with Crippen LogP contribution < -0.4 is 0 Å². The predicted molar refractivity (Wildman–Crippen MR) is 88.5 cm³/mol. The van der Waals surface area contributed by atoms with E-state index in [0.29, 0.717) is 23.9 Å². The maximum atomic E-state index is 11.8. The van der Waals surface area contributed by atoms with Crippen molar-refractivity contribution < 1.29 is 13.9 Å². The van der Waals surface area contributed by atoms with Crippen LogP contribution in [0.25, 0.3) is 0 Å². The average Bonchev–Trinajstić information content (AvgIpc) is 3.30. The summed E-state index contributed by atoms with van der Waals surface area (Å²) in [4.78, 5) is 14.2. The Hall–Kier alpha value is -1.78. The van der Waals surface area contributed by atoms with Crippen LogP contribution >= 0.6 is 11.6 Å². The van der Waals surface area contributed by atoms with E-state index in [1.807, 2.05) is 24.3 Å². The fourth-order valence-electron chi connectivity index (χ4n) is 2.90. The number of halogens is 1. The summed E-state index contributed by atoms with van der Waals surface area (Å²) in [6, 6.07) is 10.2. The largest absolute Gasteiger partial charge is 0.467 e. The fraction of sp³-hybridized carbons (Fsp3) is 0.389. The third-order valence-corrected chi connectivity index (χ3v) is 4.69. The number of hydrogen-bond donors (Lipinski definition) is 0. The molecule has 0 amide bonds. The highest BCUT2D eigenvalue weighted by molar-refractivity contribution is 6.31. The quantitative estimate of drug-likeness (QED) is 0.733. The van der Waals surface area contributed by atoms with Crippen LogP contribution in [-0.2, 0) is 11.3 Å². The molecule has 1 aromatic heterocycles. The number of nitrogens with zero attached hydrogens (tertiary/aromatic N) is 1. The normalized spacial score (nSPS) is 15.7. The molecule has 2 aromatic rings. The van der Waals surface area contributed by atoms with Gasteiger partial charge in [0.1, 0.15) is 11.3 Å². The van der Waals surface area contributed by atoms with Crippen molar-refractivity contribution in [2.75, 3.05) is 7.11 Å². The molecule has 1 unspecified atom stereocenters. The van der Waals surface area contributed by atoms with Gasteiger partial charge in [0.05, 0.1) is 19.9 Å². The van der Waals surface area contributed by atoms with E-state index in [9.17, 15) is 4.79 Å². The molecule has 0 aliphatic heterocycles. The summed E-state index contributed by atoms with van der Waals surface area (Å²) in [6.45, 7) is 2.70. The summed E-state index contributed by atoms with van der Waals surface area (Å²) in [6.07, 6.45) is 3.85. The number of carbonyl (C=O) groups excluding carboxylic acids is 1. The molecule has 4 nitrogen and oxygen atoms in total. The molecule has 1 fully saturated rings. The van der Waals surface area contributed by atoms with Crippen molar-refractivity contribution in [3.63, 3.8) is 0 Å². The van der Waals surface area contributed by atoms with E-state index in [0.717, 1.165) is 23.4 Å². The minimum Gasteiger partial charge on any atom is -0.467 e. The Labute approximate surface area is 141 Å². The molecule has 1 heterocycles. The molecule has 0 radical (unpaired) electrons. The number of esters is 1. The second-order valence-corrected chi connectivity index (χ2v) is 6.26. The van der Waals surface area contributed by atoms with Gasteiger partial charge < -0.3 is 9.15 Å². The van der Waals surface area contributed by atoms with Crippen LogP contribution in [0.1, 0.15) is 47.5 Å². The molecule has 1 atom stereocenters. The van der Waals surface area contributed by atoms with E-state index >= 15 is 0 Å². The van der Waals surface area contributed by atoms with Gasteiger partial charge in [-0.3, -0.25) is 4.90 Å². The molecule has 3 rings (SSSR count). The Morgan fingerprint density at radius 1 is 1.39 bits per heavy atom. The lowest BCUT2D eigenvalue weighted by atomic mass is 10.1. The molecule has 0 spiro atoms. The third kappa shape index (κ3) is 3.43. The predicted octanol–water partition coefficient (Wildman–Crippen LogP) is 4.45. The van der Waals surface area contributed by atoms with E-state index in [-0.39, 0.29) is 12.0 Å². The van der Waals surface area contributed by atoms with E-state index in [2.05, 4.69) is 11.8 Å². The first-order valence-electron chi connectivity index (χ1n) is 7.76. The maximum absolute atomic E-state index is 11.8. The van der Waals surface area contributed by atoms with Gasteiger partial charge >= 0.3 is 5.97 Å². The smallest absolute Gasteiger partial charge is 0.341 e. The van der Waals surface area contributed by atoms with E-state index in [1.54, 1.807) is 6.07 Å². The number of furan rings is 1. The molecular weight excluding hydrogens is 314 g/mol. The summed E-state index contributed by atoms with van der Waals surface area (Å²) in [7, 11) is 1.38. The highest BCUT2D eigenvalue weighted by Crippen LogP contribution is 2.38. The summed E-state index contributed by atoms with van der Waals surface area (Å²) < 4.78 is 10.4. The Morgan fingerprint density at radius 3 is 2.78 bits per heavy atom. The number of benzene rings is 1. The van der Waals surface area contributed by atoms with Gasteiger partial charge in [-0.2, -0.15) is 0 Å². The van der Waals surface area contributed by atoms with Crippen LogP contribution in [0.15, 0.2) is 41.0 Å².